The Hall–Kier alpha value is -0.840. The summed E-state index contributed by atoms with van der Waals surface area (Å²) in [5.74, 6) is -0.796. The van der Waals surface area contributed by atoms with Gasteiger partial charge in [-0.2, -0.15) is 5.10 Å². The van der Waals surface area contributed by atoms with Crippen LogP contribution in [0.4, 0.5) is 0 Å². The van der Waals surface area contributed by atoms with E-state index in [0.717, 1.165) is 15.9 Å². The van der Waals surface area contributed by atoms with Gasteiger partial charge in [-0.05, 0) is 22.9 Å². The van der Waals surface area contributed by atoms with E-state index in [1.807, 2.05) is 14.0 Å². The molecule has 0 aliphatic carbocycles. The summed E-state index contributed by atoms with van der Waals surface area (Å²) in [6, 6.07) is 0. The van der Waals surface area contributed by atoms with E-state index in [0.29, 0.717) is 6.42 Å². The Morgan fingerprint density at radius 1 is 1.69 bits per heavy atom. The van der Waals surface area contributed by atoms with Crippen LogP contribution in [0.3, 0.4) is 0 Å². The van der Waals surface area contributed by atoms with Gasteiger partial charge in [0.1, 0.15) is 0 Å². The topological polar surface area (TPSA) is 55.1 Å². The molecule has 0 radical (unpaired) electrons. The first-order valence-electron chi connectivity index (χ1n) is 3.92. The fraction of sp³-hybridized carbons (Fsp3) is 0.500. The minimum absolute atomic E-state index is 0.120. The fourth-order valence-electron chi connectivity index (χ4n) is 1.04. The lowest BCUT2D eigenvalue weighted by molar-refractivity contribution is -0.136. The summed E-state index contributed by atoms with van der Waals surface area (Å²) in [6.07, 6.45) is 0.590. The van der Waals surface area contributed by atoms with E-state index in [9.17, 15) is 4.79 Å². The van der Waals surface area contributed by atoms with Gasteiger partial charge in [0, 0.05) is 19.2 Å². The Kier molecular flexibility index (Phi) is 3.08. The number of carboxylic acid groups (broad SMARTS) is 1. The van der Waals surface area contributed by atoms with E-state index < -0.39 is 5.97 Å². The van der Waals surface area contributed by atoms with Crippen LogP contribution >= 0.6 is 15.9 Å². The number of aliphatic carboxylic acids is 1. The van der Waals surface area contributed by atoms with Crippen molar-refractivity contribution in [3.8, 4) is 0 Å². The molecule has 1 aromatic rings. The molecule has 1 heterocycles. The maximum atomic E-state index is 10.3. The average Bonchev–Trinajstić information content (AvgIpc) is 2.29. The summed E-state index contributed by atoms with van der Waals surface area (Å²) in [5.41, 5.74) is 1.82. The molecule has 1 aromatic heterocycles. The van der Waals surface area contributed by atoms with Crippen molar-refractivity contribution in [2.24, 2.45) is 7.05 Å². The summed E-state index contributed by atoms with van der Waals surface area (Å²) in [5, 5.41) is 12.7. The molecule has 0 spiro atoms. The minimum Gasteiger partial charge on any atom is -0.481 e. The highest BCUT2D eigenvalue weighted by Gasteiger charge is 2.10. The molecule has 4 nitrogen and oxygen atoms in total. The number of carboxylic acids is 1. The van der Waals surface area contributed by atoms with Gasteiger partial charge in [0.15, 0.2) is 0 Å². The van der Waals surface area contributed by atoms with Crippen LogP contribution in [0.5, 0.6) is 0 Å². The monoisotopic (exact) mass is 246 g/mol. The number of hydrogen-bond acceptors (Lipinski definition) is 2. The van der Waals surface area contributed by atoms with Crippen LogP contribution in [0.25, 0.3) is 0 Å². The van der Waals surface area contributed by atoms with Crippen molar-refractivity contribution in [1.82, 2.24) is 9.78 Å². The van der Waals surface area contributed by atoms with Crippen LogP contribution in [0.1, 0.15) is 17.8 Å². The molecule has 5 heteroatoms. The maximum Gasteiger partial charge on any atom is 0.303 e. The predicted octanol–water partition coefficient (Wildman–Crippen LogP) is 1.51. The first-order valence-corrected chi connectivity index (χ1v) is 4.71. The highest BCUT2D eigenvalue weighted by Crippen LogP contribution is 2.20. The molecule has 0 saturated heterocycles. The van der Waals surface area contributed by atoms with E-state index in [4.69, 9.17) is 5.11 Å². The number of nitrogens with zero attached hydrogens (tertiary/aromatic N) is 2. The first kappa shape index (κ1) is 10.2. The van der Waals surface area contributed by atoms with E-state index in [2.05, 4.69) is 21.0 Å². The molecule has 1 N–H and O–H groups in total. The number of aryl methyl sites for hydroxylation is 2. The largest absolute Gasteiger partial charge is 0.481 e. The average molecular weight is 247 g/mol. The maximum absolute atomic E-state index is 10.3. The van der Waals surface area contributed by atoms with Gasteiger partial charge in [-0.3, -0.25) is 9.48 Å². The predicted molar refractivity (Wildman–Crippen MR) is 51.6 cm³/mol. The molecular weight excluding hydrogens is 236 g/mol. The Labute approximate surface area is 84.7 Å². The third-order valence-electron chi connectivity index (χ3n) is 1.90. The van der Waals surface area contributed by atoms with Crippen LogP contribution in [-0.2, 0) is 18.3 Å². The van der Waals surface area contributed by atoms with E-state index >= 15 is 0 Å². The van der Waals surface area contributed by atoms with Crippen molar-refractivity contribution in [3.05, 3.63) is 15.9 Å². The normalized spacial score (nSPS) is 10.4. The zero-order valence-corrected chi connectivity index (χ0v) is 9.13. The van der Waals surface area contributed by atoms with Crippen molar-refractivity contribution in [1.29, 1.82) is 0 Å². The third-order valence-corrected chi connectivity index (χ3v) is 2.93. The Balaban J connectivity index is 2.78. The van der Waals surface area contributed by atoms with Gasteiger partial charge in [0.2, 0.25) is 0 Å². The zero-order chi connectivity index (χ0) is 10.0. The molecule has 0 aliphatic heterocycles. The number of halogens is 1. The summed E-state index contributed by atoms with van der Waals surface area (Å²) >= 11 is 3.37. The lowest BCUT2D eigenvalue weighted by atomic mass is 10.2. The van der Waals surface area contributed by atoms with Gasteiger partial charge in [-0.25, -0.2) is 0 Å². The van der Waals surface area contributed by atoms with Crippen molar-refractivity contribution < 1.29 is 9.90 Å². The SMILES string of the molecule is Cc1c(Br)c(CCC(=O)O)nn1C. The zero-order valence-electron chi connectivity index (χ0n) is 7.54. The summed E-state index contributed by atoms with van der Waals surface area (Å²) in [7, 11) is 1.84. The molecule has 1 rings (SSSR count). The van der Waals surface area contributed by atoms with Gasteiger partial charge in [-0.15, -0.1) is 0 Å². The molecular formula is C8H11BrN2O2. The van der Waals surface area contributed by atoms with Crippen LogP contribution in [0, 0.1) is 6.92 Å². The fourth-order valence-corrected chi connectivity index (χ4v) is 1.57. The molecule has 0 bridgehead atoms. The molecule has 0 aliphatic rings. The molecule has 0 saturated carbocycles. The van der Waals surface area contributed by atoms with Crippen LogP contribution in [0.15, 0.2) is 4.47 Å². The number of carbonyl (C=O) groups is 1. The van der Waals surface area contributed by atoms with Gasteiger partial charge >= 0.3 is 5.97 Å². The van der Waals surface area contributed by atoms with E-state index in [1.165, 1.54) is 0 Å². The standard InChI is InChI=1S/C8H11BrN2O2/c1-5-8(9)6(10-11(5)2)3-4-7(12)13/h3-4H2,1-2H3,(H,12,13). The van der Waals surface area contributed by atoms with Crippen molar-refractivity contribution >= 4 is 21.9 Å². The Morgan fingerprint density at radius 2 is 2.31 bits per heavy atom. The quantitative estimate of drug-likeness (QED) is 0.880. The van der Waals surface area contributed by atoms with Crippen molar-refractivity contribution in [3.63, 3.8) is 0 Å². The third kappa shape index (κ3) is 2.30. The van der Waals surface area contributed by atoms with Gasteiger partial charge in [0.25, 0.3) is 0 Å². The number of rotatable bonds is 3. The second kappa shape index (κ2) is 3.91. The molecule has 0 aromatic carbocycles. The number of aromatic nitrogens is 2. The summed E-state index contributed by atoms with van der Waals surface area (Å²) < 4.78 is 2.65. The molecule has 0 unspecified atom stereocenters. The van der Waals surface area contributed by atoms with E-state index in [1.54, 1.807) is 4.68 Å². The smallest absolute Gasteiger partial charge is 0.303 e. The van der Waals surface area contributed by atoms with Gasteiger partial charge < -0.3 is 5.11 Å². The minimum atomic E-state index is -0.796. The second-order valence-electron chi connectivity index (χ2n) is 2.86. The molecule has 72 valence electrons. The Bertz CT molecular complexity index is 333. The Morgan fingerprint density at radius 3 is 2.69 bits per heavy atom. The molecule has 13 heavy (non-hydrogen) atoms. The van der Waals surface area contributed by atoms with Gasteiger partial charge in [0.05, 0.1) is 16.6 Å². The molecule has 0 fully saturated rings. The summed E-state index contributed by atoms with van der Waals surface area (Å²) in [6.45, 7) is 1.93. The molecule has 0 amide bonds. The molecule has 0 atom stereocenters. The highest BCUT2D eigenvalue weighted by atomic mass is 79.9. The van der Waals surface area contributed by atoms with Crippen LogP contribution < -0.4 is 0 Å². The van der Waals surface area contributed by atoms with Crippen LogP contribution in [0.2, 0.25) is 0 Å². The number of hydrogen-bond donors (Lipinski definition) is 1. The summed E-state index contributed by atoms with van der Waals surface area (Å²) in [4.78, 5) is 10.3. The first-order chi connectivity index (χ1) is 6.02. The lowest BCUT2D eigenvalue weighted by Gasteiger charge is -1.92. The second-order valence-corrected chi connectivity index (χ2v) is 3.66. The van der Waals surface area contributed by atoms with Crippen molar-refractivity contribution in [2.75, 3.05) is 0 Å². The van der Waals surface area contributed by atoms with E-state index in [-0.39, 0.29) is 6.42 Å². The highest BCUT2D eigenvalue weighted by molar-refractivity contribution is 9.10. The lowest BCUT2D eigenvalue weighted by Crippen LogP contribution is -1.99. The van der Waals surface area contributed by atoms with Crippen molar-refractivity contribution in [2.45, 2.75) is 19.8 Å². The van der Waals surface area contributed by atoms with Gasteiger partial charge in [-0.1, -0.05) is 0 Å². The van der Waals surface area contributed by atoms with Crippen LogP contribution in [-0.4, -0.2) is 20.9 Å².